The summed E-state index contributed by atoms with van der Waals surface area (Å²) in [5.41, 5.74) is 0.0112. The SMILES string of the molecule is N#Cc1ccc(C=NC(CO)(CO)CO)cc1. The van der Waals surface area contributed by atoms with Crippen molar-refractivity contribution in [3.8, 4) is 6.07 Å². The van der Waals surface area contributed by atoms with E-state index in [0.29, 0.717) is 5.56 Å². The molecule has 0 aliphatic carbocycles. The van der Waals surface area contributed by atoms with Crippen molar-refractivity contribution in [3.05, 3.63) is 35.4 Å². The predicted octanol–water partition coefficient (Wildman–Crippen LogP) is -0.307. The molecular formula is C12H14N2O3. The molecule has 0 aromatic heterocycles. The second kappa shape index (κ2) is 6.11. The lowest BCUT2D eigenvalue weighted by Crippen LogP contribution is -2.39. The smallest absolute Gasteiger partial charge is 0.129 e. The summed E-state index contributed by atoms with van der Waals surface area (Å²) in [5.74, 6) is 0. The summed E-state index contributed by atoms with van der Waals surface area (Å²) in [6.45, 7) is -1.31. The molecule has 1 aromatic rings. The van der Waals surface area contributed by atoms with E-state index in [2.05, 4.69) is 4.99 Å². The third kappa shape index (κ3) is 3.36. The Bertz CT molecular complexity index is 408. The van der Waals surface area contributed by atoms with Crippen LogP contribution in [0.4, 0.5) is 0 Å². The van der Waals surface area contributed by atoms with Crippen LogP contribution in [0.3, 0.4) is 0 Å². The maximum Gasteiger partial charge on any atom is 0.129 e. The third-order valence-corrected chi connectivity index (χ3v) is 2.41. The van der Waals surface area contributed by atoms with Crippen molar-refractivity contribution in [1.29, 1.82) is 5.26 Å². The molecule has 0 aliphatic rings. The van der Waals surface area contributed by atoms with Crippen LogP contribution in [0.2, 0.25) is 0 Å². The fourth-order valence-corrected chi connectivity index (χ4v) is 1.13. The lowest BCUT2D eigenvalue weighted by Gasteiger charge is -2.21. The molecule has 17 heavy (non-hydrogen) atoms. The van der Waals surface area contributed by atoms with Crippen molar-refractivity contribution >= 4 is 6.21 Å². The predicted molar refractivity (Wildman–Crippen MR) is 62.7 cm³/mol. The lowest BCUT2D eigenvalue weighted by molar-refractivity contribution is 0.0718. The third-order valence-electron chi connectivity index (χ3n) is 2.41. The van der Waals surface area contributed by atoms with Crippen LogP contribution in [-0.2, 0) is 0 Å². The van der Waals surface area contributed by atoms with E-state index >= 15 is 0 Å². The first-order chi connectivity index (χ1) is 8.19. The van der Waals surface area contributed by atoms with Gasteiger partial charge in [0.1, 0.15) is 5.54 Å². The second-order valence-electron chi connectivity index (χ2n) is 3.69. The van der Waals surface area contributed by atoms with E-state index in [1.54, 1.807) is 24.3 Å². The summed E-state index contributed by atoms with van der Waals surface area (Å²) in [7, 11) is 0. The second-order valence-corrected chi connectivity index (χ2v) is 3.69. The van der Waals surface area contributed by atoms with Gasteiger partial charge in [-0.3, -0.25) is 4.99 Å². The molecule has 0 atom stereocenters. The molecule has 90 valence electrons. The number of nitriles is 1. The van der Waals surface area contributed by atoms with Gasteiger partial charge in [-0.05, 0) is 17.7 Å². The fraction of sp³-hybridized carbons (Fsp3) is 0.333. The van der Waals surface area contributed by atoms with Gasteiger partial charge in [0.15, 0.2) is 0 Å². The van der Waals surface area contributed by atoms with Crippen LogP contribution in [0.15, 0.2) is 29.3 Å². The standard InChI is InChI=1S/C12H14N2O3/c13-5-10-1-3-11(4-2-10)6-14-12(7-15,8-16)9-17/h1-4,6,15-17H,7-9H2. The quantitative estimate of drug-likeness (QED) is 0.609. The topological polar surface area (TPSA) is 96.8 Å². The van der Waals surface area contributed by atoms with Gasteiger partial charge in [0.25, 0.3) is 0 Å². The summed E-state index contributed by atoms with van der Waals surface area (Å²) in [5, 5.41) is 35.8. The van der Waals surface area contributed by atoms with Crippen LogP contribution in [0.1, 0.15) is 11.1 Å². The number of aliphatic hydroxyl groups excluding tert-OH is 3. The average molecular weight is 234 g/mol. The minimum Gasteiger partial charge on any atom is -0.394 e. The highest BCUT2D eigenvalue weighted by Crippen LogP contribution is 2.09. The van der Waals surface area contributed by atoms with E-state index in [-0.39, 0.29) is 0 Å². The van der Waals surface area contributed by atoms with Crippen molar-refractivity contribution < 1.29 is 15.3 Å². The summed E-state index contributed by atoms with van der Waals surface area (Å²) >= 11 is 0. The molecule has 0 heterocycles. The number of nitrogens with zero attached hydrogens (tertiary/aromatic N) is 2. The maximum atomic E-state index is 9.06. The zero-order valence-electron chi connectivity index (χ0n) is 9.24. The van der Waals surface area contributed by atoms with Gasteiger partial charge in [-0.25, -0.2) is 0 Å². The van der Waals surface area contributed by atoms with Crippen LogP contribution in [-0.4, -0.2) is 46.9 Å². The molecule has 0 radical (unpaired) electrons. The first-order valence-corrected chi connectivity index (χ1v) is 5.07. The van der Waals surface area contributed by atoms with Crippen LogP contribution >= 0.6 is 0 Å². The highest BCUT2D eigenvalue weighted by molar-refractivity contribution is 5.80. The van der Waals surface area contributed by atoms with Crippen molar-refractivity contribution in [2.45, 2.75) is 5.54 Å². The highest BCUT2D eigenvalue weighted by atomic mass is 16.3. The van der Waals surface area contributed by atoms with Gasteiger partial charge in [0.05, 0.1) is 31.5 Å². The van der Waals surface area contributed by atoms with E-state index in [1.807, 2.05) is 6.07 Å². The van der Waals surface area contributed by atoms with Crippen molar-refractivity contribution in [2.75, 3.05) is 19.8 Å². The minimum absolute atomic E-state index is 0.438. The number of aliphatic hydroxyl groups is 3. The van der Waals surface area contributed by atoms with Crippen LogP contribution in [0, 0.1) is 11.3 Å². The van der Waals surface area contributed by atoms with E-state index in [4.69, 9.17) is 20.6 Å². The van der Waals surface area contributed by atoms with E-state index in [0.717, 1.165) is 5.56 Å². The van der Waals surface area contributed by atoms with Gasteiger partial charge < -0.3 is 15.3 Å². The Labute approximate surface area is 99.3 Å². The Morgan fingerprint density at radius 1 is 1.12 bits per heavy atom. The number of benzene rings is 1. The van der Waals surface area contributed by atoms with E-state index in [9.17, 15) is 0 Å². The molecule has 0 spiro atoms. The molecule has 0 amide bonds. The molecular weight excluding hydrogens is 220 g/mol. The van der Waals surface area contributed by atoms with Gasteiger partial charge >= 0.3 is 0 Å². The first kappa shape index (κ1) is 13.3. The molecule has 0 fully saturated rings. The molecule has 0 unspecified atom stereocenters. The van der Waals surface area contributed by atoms with E-state index in [1.165, 1.54) is 6.21 Å². The molecule has 0 bridgehead atoms. The molecule has 1 rings (SSSR count). The van der Waals surface area contributed by atoms with Crippen molar-refractivity contribution in [2.24, 2.45) is 4.99 Å². The Kier molecular flexibility index (Phi) is 4.79. The Morgan fingerprint density at radius 3 is 2.06 bits per heavy atom. The van der Waals surface area contributed by atoms with Gasteiger partial charge in [-0.15, -0.1) is 0 Å². The van der Waals surface area contributed by atoms with Crippen molar-refractivity contribution in [1.82, 2.24) is 0 Å². The number of aliphatic imine (C=N–C) groups is 1. The van der Waals surface area contributed by atoms with Gasteiger partial charge in [-0.1, -0.05) is 12.1 Å². The first-order valence-electron chi connectivity index (χ1n) is 5.07. The Morgan fingerprint density at radius 2 is 1.65 bits per heavy atom. The van der Waals surface area contributed by atoms with Gasteiger partial charge in [0.2, 0.25) is 0 Å². The molecule has 0 aliphatic heterocycles. The summed E-state index contributed by atoms with van der Waals surface area (Å²) < 4.78 is 0. The molecule has 5 nitrogen and oxygen atoms in total. The molecule has 0 saturated heterocycles. The Hall–Kier alpha value is -1.74. The maximum absolute atomic E-state index is 9.06. The fourth-order valence-electron chi connectivity index (χ4n) is 1.13. The largest absolute Gasteiger partial charge is 0.394 e. The van der Waals surface area contributed by atoms with Crippen LogP contribution in [0.5, 0.6) is 0 Å². The van der Waals surface area contributed by atoms with Crippen LogP contribution < -0.4 is 0 Å². The number of hydrogen-bond acceptors (Lipinski definition) is 5. The molecule has 3 N–H and O–H groups in total. The normalized spacial score (nSPS) is 11.6. The number of hydrogen-bond donors (Lipinski definition) is 3. The number of rotatable bonds is 5. The van der Waals surface area contributed by atoms with Gasteiger partial charge in [-0.2, -0.15) is 5.26 Å². The lowest BCUT2D eigenvalue weighted by atomic mass is 10.0. The summed E-state index contributed by atoms with van der Waals surface area (Å²) in [6, 6.07) is 8.66. The minimum atomic E-state index is -1.26. The van der Waals surface area contributed by atoms with Crippen molar-refractivity contribution in [3.63, 3.8) is 0 Å². The van der Waals surface area contributed by atoms with Gasteiger partial charge in [0, 0.05) is 6.21 Å². The Balaban J connectivity index is 2.85. The zero-order chi connectivity index (χ0) is 12.7. The molecule has 5 heteroatoms. The monoisotopic (exact) mass is 234 g/mol. The van der Waals surface area contributed by atoms with Crippen LogP contribution in [0.25, 0.3) is 0 Å². The summed E-state index contributed by atoms with van der Waals surface area (Å²) in [4.78, 5) is 3.98. The average Bonchev–Trinajstić information content (AvgIpc) is 2.41. The zero-order valence-corrected chi connectivity index (χ0v) is 9.24. The molecule has 0 saturated carbocycles. The van der Waals surface area contributed by atoms with E-state index < -0.39 is 25.4 Å². The highest BCUT2D eigenvalue weighted by Gasteiger charge is 2.25. The molecule has 1 aromatic carbocycles. The summed E-state index contributed by atoms with van der Waals surface area (Å²) in [6.07, 6.45) is 1.45.